The molecule has 3 nitrogen and oxygen atoms in total. The second-order valence-corrected chi connectivity index (χ2v) is 7.02. The Labute approximate surface area is 136 Å². The number of anilines is 1. The highest BCUT2D eigenvalue weighted by Gasteiger charge is 2.23. The largest absolute Gasteiger partial charge is 0.376 e. The third-order valence-electron chi connectivity index (χ3n) is 4.38. The van der Waals surface area contributed by atoms with E-state index in [0.29, 0.717) is 6.10 Å². The molecule has 1 saturated heterocycles. The Bertz CT molecular complexity index is 470. The van der Waals surface area contributed by atoms with E-state index >= 15 is 0 Å². The van der Waals surface area contributed by atoms with Crippen molar-refractivity contribution in [3.63, 3.8) is 0 Å². The fourth-order valence-electron chi connectivity index (χ4n) is 2.95. The van der Waals surface area contributed by atoms with Crippen LogP contribution in [0.1, 0.15) is 38.2 Å². The summed E-state index contributed by atoms with van der Waals surface area (Å²) in [6.45, 7) is 6.15. The van der Waals surface area contributed by atoms with Crippen LogP contribution >= 0.6 is 15.9 Å². The second kappa shape index (κ2) is 7.12. The Morgan fingerprint density at radius 2 is 2.19 bits per heavy atom. The fraction of sp³-hybridized carbons (Fsp3) is 0.647. The maximum atomic E-state index is 5.82. The Morgan fingerprint density at radius 3 is 2.86 bits per heavy atom. The van der Waals surface area contributed by atoms with Gasteiger partial charge in [0.25, 0.3) is 0 Å². The maximum absolute atomic E-state index is 5.82. The molecule has 116 valence electrons. The lowest BCUT2D eigenvalue weighted by Gasteiger charge is -2.28. The number of rotatable bonds is 7. The molecule has 1 heterocycles. The molecular weight excluding hydrogens is 328 g/mol. The minimum atomic E-state index is 0.396. The molecule has 0 aromatic heterocycles. The number of ether oxygens (including phenoxy) is 1. The van der Waals surface area contributed by atoms with Gasteiger partial charge >= 0.3 is 0 Å². The molecule has 0 bridgehead atoms. The summed E-state index contributed by atoms with van der Waals surface area (Å²) >= 11 is 3.62. The quantitative estimate of drug-likeness (QED) is 0.809. The molecule has 1 aromatic carbocycles. The summed E-state index contributed by atoms with van der Waals surface area (Å²) in [4.78, 5) is 2.46. The third-order valence-corrected chi connectivity index (χ3v) is 4.87. The first kappa shape index (κ1) is 15.3. The van der Waals surface area contributed by atoms with Gasteiger partial charge in [-0.25, -0.2) is 0 Å². The van der Waals surface area contributed by atoms with Gasteiger partial charge in [0.1, 0.15) is 0 Å². The van der Waals surface area contributed by atoms with Crippen molar-refractivity contribution in [3.8, 4) is 0 Å². The highest BCUT2D eigenvalue weighted by Crippen LogP contribution is 2.28. The first-order valence-electron chi connectivity index (χ1n) is 8.14. The summed E-state index contributed by atoms with van der Waals surface area (Å²) in [6.07, 6.45) is 5.46. The van der Waals surface area contributed by atoms with Crippen LogP contribution in [0.25, 0.3) is 0 Å². The standard InChI is InChI=1S/C17H25BrN2O/c1-2-20(12-16-4-3-9-21-16)17-10-14(18)6-5-13(17)11-19-15-7-8-15/h5-6,10,15-16,19H,2-4,7-9,11-12H2,1H3. The Morgan fingerprint density at radius 1 is 1.33 bits per heavy atom. The Balaban J connectivity index is 1.73. The summed E-state index contributed by atoms with van der Waals surface area (Å²) in [6, 6.07) is 7.39. The summed E-state index contributed by atoms with van der Waals surface area (Å²) in [5.74, 6) is 0. The zero-order valence-electron chi connectivity index (χ0n) is 12.8. The number of hydrogen-bond donors (Lipinski definition) is 1. The lowest BCUT2D eigenvalue weighted by molar-refractivity contribution is 0.115. The van der Waals surface area contributed by atoms with Crippen molar-refractivity contribution >= 4 is 21.6 Å². The maximum Gasteiger partial charge on any atom is 0.0750 e. The van der Waals surface area contributed by atoms with Crippen molar-refractivity contribution in [2.75, 3.05) is 24.6 Å². The summed E-state index contributed by atoms with van der Waals surface area (Å²) in [7, 11) is 0. The topological polar surface area (TPSA) is 24.5 Å². The molecule has 0 amide bonds. The summed E-state index contributed by atoms with van der Waals surface area (Å²) < 4.78 is 6.97. The molecule has 2 aliphatic rings. The van der Waals surface area contributed by atoms with Crippen LogP contribution in [0.15, 0.2) is 22.7 Å². The van der Waals surface area contributed by atoms with Gasteiger partial charge in [-0.05, 0) is 50.3 Å². The van der Waals surface area contributed by atoms with Crippen molar-refractivity contribution in [1.82, 2.24) is 5.32 Å². The number of likely N-dealkylation sites (N-methyl/N-ethyl adjacent to an activating group) is 1. The highest BCUT2D eigenvalue weighted by atomic mass is 79.9. The Kier molecular flexibility index (Phi) is 5.19. The van der Waals surface area contributed by atoms with Crippen molar-refractivity contribution in [3.05, 3.63) is 28.2 Å². The van der Waals surface area contributed by atoms with Gasteiger partial charge in [-0.3, -0.25) is 0 Å². The lowest BCUT2D eigenvalue weighted by Crippen LogP contribution is -2.33. The molecule has 1 atom stereocenters. The van der Waals surface area contributed by atoms with Crippen LogP contribution in [0, 0.1) is 0 Å². The van der Waals surface area contributed by atoms with Crippen LogP contribution in [-0.2, 0) is 11.3 Å². The predicted molar refractivity (Wildman–Crippen MR) is 90.9 cm³/mol. The van der Waals surface area contributed by atoms with Gasteiger partial charge in [-0.2, -0.15) is 0 Å². The Hall–Kier alpha value is -0.580. The molecule has 3 rings (SSSR count). The normalized spacial score (nSPS) is 21.7. The van der Waals surface area contributed by atoms with Gasteiger partial charge in [-0.1, -0.05) is 22.0 Å². The second-order valence-electron chi connectivity index (χ2n) is 6.10. The monoisotopic (exact) mass is 352 g/mol. The average Bonchev–Trinajstić information content (AvgIpc) is 3.18. The number of halogens is 1. The third kappa shape index (κ3) is 4.21. The minimum Gasteiger partial charge on any atom is -0.376 e. The van der Waals surface area contributed by atoms with Crippen LogP contribution < -0.4 is 10.2 Å². The van der Waals surface area contributed by atoms with Crippen LogP contribution in [0.3, 0.4) is 0 Å². The van der Waals surface area contributed by atoms with Crippen LogP contribution in [0.5, 0.6) is 0 Å². The zero-order chi connectivity index (χ0) is 14.7. The summed E-state index contributed by atoms with van der Waals surface area (Å²) in [5, 5.41) is 3.63. The van der Waals surface area contributed by atoms with Crippen molar-refractivity contribution < 1.29 is 4.74 Å². The molecule has 1 saturated carbocycles. The number of nitrogens with zero attached hydrogens (tertiary/aromatic N) is 1. The fourth-order valence-corrected chi connectivity index (χ4v) is 3.30. The van der Waals surface area contributed by atoms with E-state index < -0.39 is 0 Å². The predicted octanol–water partition coefficient (Wildman–Crippen LogP) is 3.71. The first-order chi connectivity index (χ1) is 10.3. The molecule has 0 radical (unpaired) electrons. The molecule has 21 heavy (non-hydrogen) atoms. The first-order valence-corrected chi connectivity index (χ1v) is 8.94. The van der Waals surface area contributed by atoms with Gasteiger partial charge in [0, 0.05) is 42.4 Å². The number of nitrogens with one attached hydrogen (secondary N) is 1. The van der Waals surface area contributed by atoms with Gasteiger partial charge < -0.3 is 15.0 Å². The van der Waals surface area contributed by atoms with Crippen molar-refractivity contribution in [2.45, 2.75) is 51.3 Å². The van der Waals surface area contributed by atoms with E-state index in [1.165, 1.54) is 36.9 Å². The minimum absolute atomic E-state index is 0.396. The van der Waals surface area contributed by atoms with E-state index in [9.17, 15) is 0 Å². The molecule has 1 aromatic rings. The molecular formula is C17H25BrN2O. The molecule has 0 spiro atoms. The number of benzene rings is 1. The van der Waals surface area contributed by atoms with E-state index in [2.05, 4.69) is 51.3 Å². The van der Waals surface area contributed by atoms with E-state index in [4.69, 9.17) is 4.74 Å². The van der Waals surface area contributed by atoms with Crippen LogP contribution in [0.2, 0.25) is 0 Å². The van der Waals surface area contributed by atoms with Gasteiger partial charge in [0.05, 0.1) is 6.10 Å². The van der Waals surface area contributed by atoms with Crippen molar-refractivity contribution in [2.24, 2.45) is 0 Å². The molecule has 1 aliphatic heterocycles. The van der Waals surface area contributed by atoms with Gasteiger partial charge in [-0.15, -0.1) is 0 Å². The molecule has 1 aliphatic carbocycles. The smallest absolute Gasteiger partial charge is 0.0750 e. The van der Waals surface area contributed by atoms with E-state index in [-0.39, 0.29) is 0 Å². The average molecular weight is 353 g/mol. The highest BCUT2D eigenvalue weighted by molar-refractivity contribution is 9.10. The summed E-state index contributed by atoms with van der Waals surface area (Å²) in [5.41, 5.74) is 2.74. The molecule has 1 N–H and O–H groups in total. The lowest BCUT2D eigenvalue weighted by atomic mass is 10.1. The van der Waals surface area contributed by atoms with Crippen LogP contribution in [0.4, 0.5) is 5.69 Å². The SMILES string of the molecule is CCN(CC1CCCO1)c1cc(Br)ccc1CNC1CC1. The number of hydrogen-bond acceptors (Lipinski definition) is 3. The zero-order valence-corrected chi connectivity index (χ0v) is 14.4. The van der Waals surface area contributed by atoms with E-state index in [1.54, 1.807) is 0 Å². The molecule has 2 fully saturated rings. The van der Waals surface area contributed by atoms with Crippen molar-refractivity contribution in [1.29, 1.82) is 0 Å². The van der Waals surface area contributed by atoms with Crippen LogP contribution in [-0.4, -0.2) is 31.8 Å². The van der Waals surface area contributed by atoms with Gasteiger partial charge in [0.15, 0.2) is 0 Å². The molecule has 4 heteroatoms. The van der Waals surface area contributed by atoms with E-state index in [1.807, 2.05) is 0 Å². The van der Waals surface area contributed by atoms with Gasteiger partial charge in [0.2, 0.25) is 0 Å². The molecule has 1 unspecified atom stereocenters. The van der Waals surface area contributed by atoms with E-state index in [0.717, 1.165) is 36.8 Å².